The predicted octanol–water partition coefficient (Wildman–Crippen LogP) is 2.90. The number of fused-ring (bicyclic) bond motifs is 3. The topological polar surface area (TPSA) is 116 Å². The lowest BCUT2D eigenvalue weighted by atomic mass is 9.98. The van der Waals surface area contributed by atoms with Gasteiger partial charge < -0.3 is 24.8 Å². The van der Waals surface area contributed by atoms with E-state index in [9.17, 15) is 14.4 Å². The van der Waals surface area contributed by atoms with Crippen LogP contribution in [0, 0.1) is 0 Å². The molecule has 10 heteroatoms. The van der Waals surface area contributed by atoms with Crippen LogP contribution in [0.15, 0.2) is 59.4 Å². The van der Waals surface area contributed by atoms with Crippen molar-refractivity contribution < 1.29 is 28.6 Å². The molecule has 1 aliphatic carbocycles. The summed E-state index contributed by atoms with van der Waals surface area (Å²) in [6, 6.07) is 14.0. The van der Waals surface area contributed by atoms with Gasteiger partial charge in [-0.15, -0.1) is 11.3 Å². The van der Waals surface area contributed by atoms with Gasteiger partial charge >= 0.3 is 12.1 Å². The van der Waals surface area contributed by atoms with Crippen LogP contribution in [0.5, 0.6) is 0 Å². The van der Waals surface area contributed by atoms with Crippen molar-refractivity contribution in [3.05, 3.63) is 76.2 Å². The Morgan fingerprint density at radius 1 is 0.972 bits per heavy atom. The van der Waals surface area contributed by atoms with Crippen LogP contribution in [-0.2, 0) is 30.2 Å². The largest absolute Gasteiger partial charge is 0.467 e. The van der Waals surface area contributed by atoms with Gasteiger partial charge in [-0.1, -0.05) is 48.5 Å². The molecule has 0 radical (unpaired) electrons. The van der Waals surface area contributed by atoms with Crippen molar-refractivity contribution in [3.8, 4) is 11.1 Å². The standard InChI is InChI=1S/C26H27N3O6S/c1-33-13-23(24(30)28-22(25(31)34-2)11-16-14-36-15-27-16)29-26(32)35-12-21-19-9-5-3-7-17(19)18-8-4-6-10-20(18)21/h3-10,14-15,21-23H,11-13H2,1-2H3,(H,28,30)(H,29,32)/t22-,23-/m0/s1. The van der Waals surface area contributed by atoms with Crippen LogP contribution in [0.25, 0.3) is 11.1 Å². The van der Waals surface area contributed by atoms with Gasteiger partial charge in [0.2, 0.25) is 5.91 Å². The number of amides is 2. The number of carbonyl (C=O) groups is 3. The first-order valence-electron chi connectivity index (χ1n) is 11.4. The molecule has 0 bridgehead atoms. The second-order valence-corrected chi connectivity index (χ2v) is 8.96. The summed E-state index contributed by atoms with van der Waals surface area (Å²) < 4.78 is 15.5. The number of methoxy groups -OCH3 is 2. The fourth-order valence-electron chi connectivity index (χ4n) is 4.29. The normalized spacial score (nSPS) is 13.7. The van der Waals surface area contributed by atoms with E-state index in [1.54, 1.807) is 10.9 Å². The van der Waals surface area contributed by atoms with Crippen LogP contribution < -0.4 is 10.6 Å². The number of alkyl carbamates (subject to hydrolysis) is 1. The summed E-state index contributed by atoms with van der Waals surface area (Å²) in [5.41, 5.74) is 6.68. The number of nitrogens with zero attached hydrogens (tertiary/aromatic N) is 1. The molecule has 9 nitrogen and oxygen atoms in total. The average molecular weight is 510 g/mol. The average Bonchev–Trinajstić information content (AvgIpc) is 3.52. The van der Waals surface area contributed by atoms with Crippen LogP contribution in [0.1, 0.15) is 22.7 Å². The number of nitrogens with one attached hydrogen (secondary N) is 2. The van der Waals surface area contributed by atoms with Crippen LogP contribution >= 0.6 is 11.3 Å². The van der Waals surface area contributed by atoms with Crippen molar-refractivity contribution in [1.82, 2.24) is 15.6 Å². The highest BCUT2D eigenvalue weighted by molar-refractivity contribution is 7.07. The molecule has 2 aromatic carbocycles. The van der Waals surface area contributed by atoms with Crippen molar-refractivity contribution in [2.75, 3.05) is 27.4 Å². The maximum absolute atomic E-state index is 12.9. The molecule has 0 saturated carbocycles. The molecule has 3 aromatic rings. The molecule has 1 heterocycles. The van der Waals surface area contributed by atoms with Crippen LogP contribution in [0.3, 0.4) is 0 Å². The Balaban J connectivity index is 1.39. The van der Waals surface area contributed by atoms with Gasteiger partial charge in [0.15, 0.2) is 0 Å². The number of hydrogen-bond acceptors (Lipinski definition) is 8. The smallest absolute Gasteiger partial charge is 0.407 e. The quantitative estimate of drug-likeness (QED) is 0.404. The summed E-state index contributed by atoms with van der Waals surface area (Å²) in [5, 5.41) is 6.95. The summed E-state index contributed by atoms with van der Waals surface area (Å²) in [6.45, 7) is -0.00356. The highest BCUT2D eigenvalue weighted by Gasteiger charge is 2.31. The highest BCUT2D eigenvalue weighted by atomic mass is 32.1. The van der Waals surface area contributed by atoms with E-state index >= 15 is 0 Å². The molecule has 1 aliphatic rings. The molecule has 0 fully saturated rings. The van der Waals surface area contributed by atoms with Crippen LogP contribution in [-0.4, -0.2) is 62.5 Å². The zero-order chi connectivity index (χ0) is 25.5. The first kappa shape index (κ1) is 25.3. The minimum atomic E-state index is -1.08. The maximum atomic E-state index is 12.9. The van der Waals surface area contributed by atoms with Crippen LogP contribution in [0.2, 0.25) is 0 Å². The van der Waals surface area contributed by atoms with Crippen molar-refractivity contribution in [1.29, 1.82) is 0 Å². The molecule has 0 spiro atoms. The number of thiazole rings is 1. The molecule has 2 atom stereocenters. The molecule has 0 saturated heterocycles. The third-order valence-corrected chi connectivity index (χ3v) is 6.62. The van der Waals surface area contributed by atoms with Gasteiger partial charge in [0, 0.05) is 24.8 Å². The molecule has 2 N–H and O–H groups in total. The molecule has 2 amide bonds. The Morgan fingerprint density at radius 2 is 1.64 bits per heavy atom. The molecule has 4 rings (SSSR count). The third kappa shape index (κ3) is 5.72. The Morgan fingerprint density at radius 3 is 2.22 bits per heavy atom. The minimum Gasteiger partial charge on any atom is -0.467 e. The SMILES string of the molecule is COC[C@H](NC(=O)OCC1c2ccccc2-c2ccccc21)C(=O)N[C@@H](Cc1cscn1)C(=O)OC. The van der Waals surface area contributed by atoms with E-state index in [1.165, 1.54) is 25.6 Å². The Hall–Kier alpha value is -3.76. The Labute approximate surface area is 212 Å². The third-order valence-electron chi connectivity index (χ3n) is 5.98. The number of aromatic nitrogens is 1. The number of hydrogen-bond donors (Lipinski definition) is 2. The zero-order valence-electron chi connectivity index (χ0n) is 19.9. The Kier molecular flexibility index (Phi) is 8.29. The highest BCUT2D eigenvalue weighted by Crippen LogP contribution is 2.44. The van der Waals surface area contributed by atoms with Gasteiger partial charge in [-0.3, -0.25) is 4.79 Å². The number of benzene rings is 2. The van der Waals surface area contributed by atoms with E-state index in [0.717, 1.165) is 22.3 Å². The second-order valence-electron chi connectivity index (χ2n) is 8.25. The summed E-state index contributed by atoms with van der Waals surface area (Å²) in [5.74, 6) is -1.33. The summed E-state index contributed by atoms with van der Waals surface area (Å²) >= 11 is 1.38. The van der Waals surface area contributed by atoms with Gasteiger partial charge in [-0.25, -0.2) is 14.6 Å². The maximum Gasteiger partial charge on any atom is 0.407 e. The lowest BCUT2D eigenvalue weighted by Gasteiger charge is -2.22. The number of ether oxygens (including phenoxy) is 3. The summed E-state index contributed by atoms with van der Waals surface area (Å²) in [7, 11) is 2.65. The fraction of sp³-hybridized carbons (Fsp3) is 0.308. The lowest BCUT2D eigenvalue weighted by Crippen LogP contribution is -2.54. The monoisotopic (exact) mass is 509 g/mol. The first-order valence-corrected chi connectivity index (χ1v) is 12.3. The Bertz CT molecular complexity index is 1170. The van der Waals surface area contributed by atoms with Crippen molar-refractivity contribution >= 4 is 29.3 Å². The summed E-state index contributed by atoms with van der Waals surface area (Å²) in [4.78, 5) is 42.0. The van der Waals surface area contributed by atoms with E-state index < -0.39 is 30.1 Å². The fourth-order valence-corrected chi connectivity index (χ4v) is 4.86. The van der Waals surface area contributed by atoms with Crippen LogP contribution in [0.4, 0.5) is 4.79 Å². The molecule has 36 heavy (non-hydrogen) atoms. The molecule has 0 aliphatic heterocycles. The van der Waals surface area contributed by atoms with E-state index in [2.05, 4.69) is 27.8 Å². The zero-order valence-corrected chi connectivity index (χ0v) is 20.7. The predicted molar refractivity (Wildman–Crippen MR) is 134 cm³/mol. The van der Waals surface area contributed by atoms with Gasteiger partial charge in [-0.05, 0) is 22.3 Å². The van der Waals surface area contributed by atoms with E-state index in [4.69, 9.17) is 14.2 Å². The second kappa shape index (κ2) is 11.8. The van der Waals surface area contributed by atoms with E-state index in [1.807, 2.05) is 36.4 Å². The number of esters is 1. The van der Waals surface area contributed by atoms with Crippen molar-refractivity contribution in [2.24, 2.45) is 0 Å². The van der Waals surface area contributed by atoms with Gasteiger partial charge in [-0.2, -0.15) is 0 Å². The van der Waals surface area contributed by atoms with Gasteiger partial charge in [0.25, 0.3) is 0 Å². The van der Waals surface area contributed by atoms with Crippen molar-refractivity contribution in [2.45, 2.75) is 24.4 Å². The number of rotatable bonds is 10. The van der Waals surface area contributed by atoms with Crippen molar-refractivity contribution in [3.63, 3.8) is 0 Å². The van der Waals surface area contributed by atoms with E-state index in [0.29, 0.717) is 5.69 Å². The molecule has 0 unspecified atom stereocenters. The lowest BCUT2D eigenvalue weighted by molar-refractivity contribution is -0.145. The molecule has 1 aromatic heterocycles. The van der Waals surface area contributed by atoms with Gasteiger partial charge in [0.1, 0.15) is 18.7 Å². The first-order chi connectivity index (χ1) is 17.5. The molecule has 188 valence electrons. The summed E-state index contributed by atoms with van der Waals surface area (Å²) in [6.07, 6.45) is -0.602. The van der Waals surface area contributed by atoms with Gasteiger partial charge in [0.05, 0.1) is 24.9 Å². The molecular weight excluding hydrogens is 482 g/mol. The minimum absolute atomic E-state index is 0.107. The number of carbonyl (C=O) groups excluding carboxylic acids is 3. The molecular formula is C26H27N3O6S. The van der Waals surface area contributed by atoms with E-state index in [-0.39, 0.29) is 25.6 Å².